The molecule has 0 saturated carbocycles. The number of benzene rings is 3. The summed E-state index contributed by atoms with van der Waals surface area (Å²) in [6.45, 7) is 11.6. The molecule has 3 aromatic rings. The minimum Gasteiger partial charge on any atom is -0.467 e. The summed E-state index contributed by atoms with van der Waals surface area (Å²) in [5.41, 5.74) is 3.30. The van der Waals surface area contributed by atoms with Gasteiger partial charge < -0.3 is 18.9 Å². The molecule has 2 atom stereocenters. The Kier molecular flexibility index (Phi) is 14.5. The van der Waals surface area contributed by atoms with Crippen molar-refractivity contribution in [1.82, 2.24) is 0 Å². The lowest BCUT2D eigenvalue weighted by Gasteiger charge is -2.20. The lowest BCUT2D eigenvalue weighted by atomic mass is 10.1. The van der Waals surface area contributed by atoms with Crippen LogP contribution < -0.4 is 9.47 Å². The summed E-state index contributed by atoms with van der Waals surface area (Å²) in [6, 6.07) is 18.8. The molecule has 2 unspecified atom stereocenters. The fraction of sp³-hybridized carbons (Fsp3) is 0.278. The molecular weight excluding hydrogens is 593 g/mol. The quantitative estimate of drug-likeness (QED) is 0.0794. The van der Waals surface area contributed by atoms with Crippen molar-refractivity contribution in [1.29, 1.82) is 0 Å². The number of hydrogen-bond donors (Lipinski definition) is 0. The minimum absolute atomic E-state index is 0.0433. The van der Waals surface area contributed by atoms with Gasteiger partial charge in [0.15, 0.2) is 13.6 Å². The van der Waals surface area contributed by atoms with Gasteiger partial charge in [-0.25, -0.2) is 8.42 Å². The molecule has 0 bridgehead atoms. The molecule has 44 heavy (non-hydrogen) atoms. The summed E-state index contributed by atoms with van der Waals surface area (Å²) in [4.78, 5) is 2.44. The Morgan fingerprint density at radius 3 is 1.32 bits per heavy atom. The van der Waals surface area contributed by atoms with Gasteiger partial charge >= 0.3 is 0 Å². The topological polar surface area (TPSA) is 71.1 Å². The number of allylic oxidation sites excluding steroid dienone is 4. The summed E-state index contributed by atoms with van der Waals surface area (Å²) >= 11 is 0. The van der Waals surface area contributed by atoms with Crippen LogP contribution in [0, 0.1) is 13.8 Å². The average molecular weight is 635 g/mol. The van der Waals surface area contributed by atoms with Crippen LogP contribution in [-0.2, 0) is 31.1 Å². The molecule has 0 aliphatic rings. The van der Waals surface area contributed by atoms with E-state index in [1.807, 2.05) is 86.7 Å². The van der Waals surface area contributed by atoms with E-state index in [1.54, 1.807) is 12.1 Å². The molecule has 0 aliphatic heterocycles. The molecule has 0 heterocycles. The van der Waals surface area contributed by atoms with Gasteiger partial charge in [0.1, 0.15) is 11.5 Å². The number of hydrogen-bond acceptors (Lipinski definition) is 6. The summed E-state index contributed by atoms with van der Waals surface area (Å²) in [7, 11) is -0.0154. The second kappa shape index (κ2) is 18.3. The fourth-order valence-corrected chi connectivity index (χ4v) is 6.77. The maximum absolute atomic E-state index is 14.1. The summed E-state index contributed by atoms with van der Waals surface area (Å²) in [5, 5.41) is 0. The van der Waals surface area contributed by atoms with E-state index in [9.17, 15) is 8.42 Å². The zero-order valence-electron chi connectivity index (χ0n) is 26.0. The Morgan fingerprint density at radius 2 is 1.00 bits per heavy atom. The zero-order valence-corrected chi connectivity index (χ0v) is 27.6. The van der Waals surface area contributed by atoms with Crippen LogP contribution in [0.3, 0.4) is 0 Å². The molecule has 3 rings (SSSR count). The lowest BCUT2D eigenvalue weighted by molar-refractivity contribution is 0.0481. The van der Waals surface area contributed by atoms with E-state index in [0.717, 1.165) is 11.1 Å². The van der Waals surface area contributed by atoms with Crippen molar-refractivity contribution in [2.75, 3.05) is 27.8 Å². The van der Waals surface area contributed by atoms with Crippen LogP contribution in [0.4, 0.5) is 0 Å². The van der Waals surface area contributed by atoms with Crippen LogP contribution in [0.1, 0.15) is 47.9 Å². The third-order valence-electron chi connectivity index (χ3n) is 6.55. The monoisotopic (exact) mass is 634 g/mol. The molecule has 0 aromatic heterocycles. The summed E-state index contributed by atoms with van der Waals surface area (Å²) in [5.74, 6) is 0.847. The second-order valence-corrected chi connectivity index (χ2v) is 12.9. The first kappa shape index (κ1) is 34.9. The van der Waals surface area contributed by atoms with Gasteiger partial charge in [0.05, 0.1) is 31.4 Å². The van der Waals surface area contributed by atoms with Crippen LogP contribution >= 0.6 is 0 Å². The van der Waals surface area contributed by atoms with Gasteiger partial charge in [0.25, 0.3) is 0 Å². The van der Waals surface area contributed by atoms with Crippen molar-refractivity contribution in [2.24, 2.45) is 0 Å². The molecule has 0 radical (unpaired) electrons. The standard InChI is InChI=1S/C36H42O6S2/c1-7-9-11-13-35(43(37)29-19-15-27(3)16-20-29)31-23-34(42-26-40-6)32(24-33(31)41-25-39-5)36(14-12-10-8-2)44(38)30-21-17-28(4)18-22-30/h7-8,13-24H,1-2,9-12,25-26H2,3-6H3/b35-13+,36-14+. The van der Waals surface area contributed by atoms with Gasteiger partial charge in [0.2, 0.25) is 0 Å². The highest BCUT2D eigenvalue weighted by Gasteiger charge is 2.24. The smallest absolute Gasteiger partial charge is 0.188 e. The molecule has 0 spiro atoms. The fourth-order valence-electron chi connectivity index (χ4n) is 4.24. The van der Waals surface area contributed by atoms with Crippen molar-refractivity contribution in [3.63, 3.8) is 0 Å². The van der Waals surface area contributed by atoms with Crippen LogP contribution in [0.2, 0.25) is 0 Å². The van der Waals surface area contributed by atoms with Gasteiger partial charge in [-0.3, -0.25) is 0 Å². The Labute approximate surface area is 267 Å². The highest BCUT2D eigenvalue weighted by molar-refractivity contribution is 7.95. The van der Waals surface area contributed by atoms with E-state index in [4.69, 9.17) is 18.9 Å². The SMILES string of the molecule is C=CCC/C=C(\c1cc(OCOC)c(/C(=C\CCC=C)S(=O)c2ccc(C)cc2)cc1OCOC)S(=O)c1ccc(C)cc1. The van der Waals surface area contributed by atoms with Crippen LogP contribution in [0.5, 0.6) is 11.5 Å². The summed E-state index contributed by atoms with van der Waals surface area (Å²) < 4.78 is 51.0. The molecule has 0 saturated heterocycles. The van der Waals surface area contributed by atoms with E-state index in [1.165, 1.54) is 14.2 Å². The molecular formula is C36H42O6S2. The zero-order chi connectivity index (χ0) is 31.9. The van der Waals surface area contributed by atoms with E-state index >= 15 is 0 Å². The second-order valence-electron chi connectivity index (χ2n) is 9.98. The van der Waals surface area contributed by atoms with Gasteiger partial charge in [-0.05, 0) is 75.9 Å². The van der Waals surface area contributed by atoms with E-state index < -0.39 is 21.6 Å². The molecule has 8 heteroatoms. The lowest BCUT2D eigenvalue weighted by Crippen LogP contribution is -2.09. The Hall–Kier alpha value is -3.56. The molecule has 0 amide bonds. The molecule has 0 fully saturated rings. The number of rotatable bonds is 18. The third-order valence-corrected chi connectivity index (χ3v) is 9.52. The number of unbranched alkanes of at least 4 members (excludes halogenated alkanes) is 2. The Bertz CT molecular complexity index is 1390. The van der Waals surface area contributed by atoms with E-state index in [2.05, 4.69) is 13.2 Å². The third kappa shape index (κ3) is 9.72. The maximum Gasteiger partial charge on any atom is 0.188 e. The molecule has 3 aromatic carbocycles. The van der Waals surface area contributed by atoms with Crippen LogP contribution in [0.15, 0.2) is 108 Å². The highest BCUT2D eigenvalue weighted by Crippen LogP contribution is 2.41. The molecule has 0 N–H and O–H groups in total. The van der Waals surface area contributed by atoms with Crippen molar-refractivity contribution < 1.29 is 27.4 Å². The van der Waals surface area contributed by atoms with Gasteiger partial charge in [-0.1, -0.05) is 59.7 Å². The van der Waals surface area contributed by atoms with E-state index in [0.29, 0.717) is 67.9 Å². The maximum atomic E-state index is 14.1. The molecule has 234 valence electrons. The van der Waals surface area contributed by atoms with E-state index in [-0.39, 0.29) is 13.6 Å². The Balaban J connectivity index is 2.29. The Morgan fingerprint density at radius 1 is 0.636 bits per heavy atom. The normalized spacial score (nSPS) is 13.3. The van der Waals surface area contributed by atoms with Gasteiger partial charge in [-0.15, -0.1) is 13.2 Å². The average Bonchev–Trinajstić information content (AvgIpc) is 3.03. The predicted octanol–water partition coefficient (Wildman–Crippen LogP) is 8.50. The number of aryl methyl sites for hydroxylation is 2. The van der Waals surface area contributed by atoms with Crippen LogP contribution in [0.25, 0.3) is 9.81 Å². The van der Waals surface area contributed by atoms with Gasteiger partial charge in [-0.2, -0.15) is 0 Å². The van der Waals surface area contributed by atoms with Crippen molar-refractivity contribution in [3.8, 4) is 11.5 Å². The first-order chi connectivity index (χ1) is 21.3. The number of methoxy groups -OCH3 is 2. The van der Waals surface area contributed by atoms with Crippen molar-refractivity contribution in [2.45, 2.75) is 49.3 Å². The first-order valence-electron chi connectivity index (χ1n) is 14.4. The van der Waals surface area contributed by atoms with Gasteiger partial charge in [0, 0.05) is 35.1 Å². The predicted molar refractivity (Wildman–Crippen MR) is 181 cm³/mol. The highest BCUT2D eigenvalue weighted by atomic mass is 32.2. The largest absolute Gasteiger partial charge is 0.467 e. The summed E-state index contributed by atoms with van der Waals surface area (Å²) in [6.07, 6.45) is 10.2. The minimum atomic E-state index is -1.54. The molecule has 6 nitrogen and oxygen atoms in total. The first-order valence-corrected chi connectivity index (χ1v) is 16.7. The van der Waals surface area contributed by atoms with Crippen molar-refractivity contribution in [3.05, 3.63) is 120 Å². The van der Waals surface area contributed by atoms with Crippen LogP contribution in [-0.4, -0.2) is 36.2 Å². The number of ether oxygens (including phenoxy) is 4. The van der Waals surface area contributed by atoms with Crippen molar-refractivity contribution >= 4 is 31.4 Å². The molecule has 0 aliphatic carbocycles.